The first kappa shape index (κ1) is 23.0. The molecule has 9 nitrogen and oxygen atoms in total. The Hall–Kier alpha value is -2.28. The van der Waals surface area contributed by atoms with Crippen molar-refractivity contribution >= 4 is 22.0 Å². The maximum Gasteiger partial charge on any atom is 0.511 e. The van der Waals surface area contributed by atoms with Crippen molar-refractivity contribution in [2.75, 3.05) is 27.2 Å². The van der Waals surface area contributed by atoms with Crippen LogP contribution in [0.1, 0.15) is 34.7 Å². The zero-order valence-electron chi connectivity index (χ0n) is 16.2. The lowest BCUT2D eigenvalue weighted by atomic mass is 10.1. The number of furan rings is 1. The number of carbonyl (C=O) groups excluding carboxylic acids is 1. The number of carbonyl (C=O) groups is 1. The van der Waals surface area contributed by atoms with Crippen LogP contribution in [0.2, 0.25) is 0 Å². The van der Waals surface area contributed by atoms with E-state index in [0.717, 1.165) is 0 Å². The fraction of sp³-hybridized carbons (Fsp3) is 0.625. The fourth-order valence-electron chi connectivity index (χ4n) is 2.89. The van der Waals surface area contributed by atoms with Gasteiger partial charge in [-0.25, -0.2) is 13.2 Å². The lowest BCUT2D eigenvalue weighted by molar-refractivity contribution is -0.0494. The average Bonchev–Trinajstić information content (AvgIpc) is 3.04. The van der Waals surface area contributed by atoms with Crippen LogP contribution in [0.5, 0.6) is 0 Å². The van der Waals surface area contributed by atoms with Crippen molar-refractivity contribution in [1.82, 2.24) is 14.9 Å². The summed E-state index contributed by atoms with van der Waals surface area (Å²) in [5.41, 5.74) is -4.99. The molecule has 1 fully saturated rings. The van der Waals surface area contributed by atoms with E-state index in [2.05, 4.69) is 20.4 Å². The van der Waals surface area contributed by atoms with E-state index in [1.807, 2.05) is 0 Å². The number of ether oxygens (including phenoxy) is 1. The van der Waals surface area contributed by atoms with Crippen molar-refractivity contribution in [3.05, 3.63) is 23.2 Å². The number of rotatable bonds is 5. The van der Waals surface area contributed by atoms with Gasteiger partial charge in [-0.3, -0.25) is 4.99 Å². The van der Waals surface area contributed by atoms with Crippen molar-refractivity contribution in [2.45, 2.75) is 37.9 Å². The molecule has 0 bridgehead atoms. The first-order valence-corrected chi connectivity index (χ1v) is 10.1. The van der Waals surface area contributed by atoms with Crippen molar-refractivity contribution in [1.29, 1.82) is 0 Å². The minimum atomic E-state index is -5.30. The maximum atomic E-state index is 12.6. The maximum absolute atomic E-state index is 12.6. The molecule has 1 aromatic rings. The van der Waals surface area contributed by atoms with Gasteiger partial charge < -0.3 is 19.8 Å². The molecule has 164 valence electrons. The number of aryl methyl sites for hydroxylation is 1. The number of halogens is 3. The Labute approximate surface area is 166 Å². The number of alkyl halides is 3. The second-order valence-electron chi connectivity index (χ2n) is 6.37. The van der Waals surface area contributed by atoms with Gasteiger partial charge in [-0.1, -0.05) is 0 Å². The van der Waals surface area contributed by atoms with Gasteiger partial charge in [0, 0.05) is 26.2 Å². The van der Waals surface area contributed by atoms with E-state index in [-0.39, 0.29) is 38.5 Å². The van der Waals surface area contributed by atoms with E-state index in [1.165, 1.54) is 14.2 Å². The third-order valence-corrected chi connectivity index (χ3v) is 6.08. The smallest absolute Gasteiger partial charge is 0.465 e. The van der Waals surface area contributed by atoms with Gasteiger partial charge in [0.25, 0.3) is 0 Å². The molecule has 0 aliphatic carbocycles. The van der Waals surface area contributed by atoms with Crippen LogP contribution in [0.25, 0.3) is 0 Å². The van der Waals surface area contributed by atoms with Crippen LogP contribution >= 0.6 is 0 Å². The predicted molar refractivity (Wildman–Crippen MR) is 97.7 cm³/mol. The van der Waals surface area contributed by atoms with E-state index >= 15 is 0 Å². The normalized spacial score (nSPS) is 17.2. The summed E-state index contributed by atoms with van der Waals surface area (Å²) in [5.74, 6) is 0.739. The van der Waals surface area contributed by atoms with Gasteiger partial charge in [0.15, 0.2) is 5.96 Å². The van der Waals surface area contributed by atoms with Crippen LogP contribution in [0.3, 0.4) is 0 Å². The third kappa shape index (κ3) is 5.41. The largest absolute Gasteiger partial charge is 0.511 e. The van der Waals surface area contributed by atoms with E-state index in [4.69, 9.17) is 4.42 Å². The first-order valence-electron chi connectivity index (χ1n) is 8.70. The zero-order valence-corrected chi connectivity index (χ0v) is 17.0. The molecule has 13 heteroatoms. The minimum Gasteiger partial charge on any atom is -0.465 e. The van der Waals surface area contributed by atoms with Crippen LogP contribution in [-0.2, 0) is 21.3 Å². The van der Waals surface area contributed by atoms with Gasteiger partial charge >= 0.3 is 21.5 Å². The topological polar surface area (TPSA) is 113 Å². The predicted octanol–water partition coefficient (Wildman–Crippen LogP) is 1.35. The molecule has 2 N–H and O–H groups in total. The van der Waals surface area contributed by atoms with E-state index < -0.39 is 21.5 Å². The SMILES string of the molecule is CN=C(NCc1cc(C(=O)OC)c(C)o1)NC1CCN(S(=O)(=O)C(F)(F)F)CC1. The highest BCUT2D eigenvalue weighted by Gasteiger charge is 2.50. The van der Waals surface area contributed by atoms with Crippen molar-refractivity contribution in [3.63, 3.8) is 0 Å². The Morgan fingerprint density at radius 3 is 2.52 bits per heavy atom. The minimum absolute atomic E-state index is 0.197. The van der Waals surface area contributed by atoms with Gasteiger partial charge in [-0.15, -0.1) is 0 Å². The first-order chi connectivity index (χ1) is 13.5. The number of guanidine groups is 1. The van der Waals surface area contributed by atoms with E-state index in [9.17, 15) is 26.4 Å². The van der Waals surface area contributed by atoms with Gasteiger partial charge in [-0.05, 0) is 25.8 Å². The Morgan fingerprint density at radius 1 is 1.38 bits per heavy atom. The van der Waals surface area contributed by atoms with Crippen molar-refractivity contribution in [3.8, 4) is 0 Å². The van der Waals surface area contributed by atoms with Gasteiger partial charge in [0.1, 0.15) is 17.1 Å². The molecule has 0 radical (unpaired) electrons. The van der Waals surface area contributed by atoms with Gasteiger partial charge in [0.05, 0.1) is 13.7 Å². The molecule has 0 unspecified atom stereocenters. The van der Waals surface area contributed by atoms with Crippen LogP contribution in [0.15, 0.2) is 15.5 Å². The standard InChI is InChI=1S/C16H23F3N4O5S/c1-10-13(14(24)27-3)8-12(28-10)9-21-15(20-2)22-11-4-6-23(7-5-11)29(25,26)16(17,18)19/h8,11H,4-7,9H2,1-3H3,(H2,20,21,22). The molecule has 1 aromatic heterocycles. The number of hydrogen-bond donors (Lipinski definition) is 2. The molecule has 1 aliphatic rings. The number of aliphatic imine (C=N–C) groups is 1. The highest BCUT2D eigenvalue weighted by atomic mass is 32.2. The van der Waals surface area contributed by atoms with Crippen LogP contribution < -0.4 is 10.6 Å². The van der Waals surface area contributed by atoms with Crippen LogP contribution in [-0.4, -0.2) is 63.4 Å². The zero-order chi connectivity index (χ0) is 21.8. The Bertz CT molecular complexity index is 858. The number of sulfonamides is 1. The second kappa shape index (κ2) is 9.03. The van der Waals surface area contributed by atoms with Crippen molar-refractivity contribution in [2.24, 2.45) is 4.99 Å². The summed E-state index contributed by atoms with van der Waals surface area (Å²) in [6, 6.07) is 1.30. The Kier molecular flexibility index (Phi) is 7.16. The molecule has 1 saturated heterocycles. The molecule has 0 atom stereocenters. The monoisotopic (exact) mass is 440 g/mol. The van der Waals surface area contributed by atoms with Gasteiger partial charge in [0.2, 0.25) is 0 Å². The Morgan fingerprint density at radius 2 is 2.00 bits per heavy atom. The number of nitrogens with zero attached hydrogens (tertiary/aromatic N) is 2. The summed E-state index contributed by atoms with van der Waals surface area (Å²) in [6.07, 6.45) is 0.394. The Balaban J connectivity index is 1.88. The number of esters is 1. The van der Waals surface area contributed by atoms with Crippen LogP contribution in [0, 0.1) is 6.92 Å². The molecule has 0 spiro atoms. The fourth-order valence-corrected chi connectivity index (χ4v) is 3.87. The molecule has 0 saturated carbocycles. The summed E-state index contributed by atoms with van der Waals surface area (Å²) in [7, 11) is -2.52. The van der Waals surface area contributed by atoms with E-state index in [1.54, 1.807) is 13.0 Å². The number of methoxy groups -OCH3 is 1. The quantitative estimate of drug-likeness (QED) is 0.404. The number of nitrogens with one attached hydrogen (secondary N) is 2. The summed E-state index contributed by atoms with van der Waals surface area (Å²) in [4.78, 5) is 15.6. The van der Waals surface area contributed by atoms with Crippen LogP contribution in [0.4, 0.5) is 13.2 Å². The number of piperidine rings is 1. The number of hydrogen-bond acceptors (Lipinski definition) is 6. The highest BCUT2D eigenvalue weighted by Crippen LogP contribution is 2.28. The molecule has 0 amide bonds. The van der Waals surface area contributed by atoms with E-state index in [0.29, 0.717) is 27.3 Å². The average molecular weight is 440 g/mol. The summed E-state index contributed by atoms with van der Waals surface area (Å²) < 4.78 is 71.4. The molecule has 1 aliphatic heterocycles. The molecule has 2 rings (SSSR count). The summed E-state index contributed by atoms with van der Waals surface area (Å²) in [5, 5.41) is 6.02. The van der Waals surface area contributed by atoms with Crippen molar-refractivity contribution < 1.29 is 35.5 Å². The molecular weight excluding hydrogens is 417 g/mol. The van der Waals surface area contributed by atoms with Gasteiger partial charge in [-0.2, -0.15) is 17.5 Å². The molecule has 29 heavy (non-hydrogen) atoms. The second-order valence-corrected chi connectivity index (χ2v) is 8.30. The third-order valence-electron chi connectivity index (χ3n) is 4.45. The highest BCUT2D eigenvalue weighted by molar-refractivity contribution is 7.90. The summed E-state index contributed by atoms with van der Waals surface area (Å²) >= 11 is 0. The molecule has 0 aromatic carbocycles. The lowest BCUT2D eigenvalue weighted by Crippen LogP contribution is -2.51. The lowest BCUT2D eigenvalue weighted by Gasteiger charge is -2.32. The molecular formula is C16H23F3N4O5S. The molecule has 2 heterocycles. The summed E-state index contributed by atoms with van der Waals surface area (Å²) in [6.45, 7) is 1.36.